The molecule has 3 aromatic rings. The summed E-state index contributed by atoms with van der Waals surface area (Å²) in [6, 6.07) is 17.8. The molecule has 0 N–H and O–H groups in total. The molecule has 1 aliphatic heterocycles. The number of para-hydroxylation sites is 1. The zero-order valence-corrected chi connectivity index (χ0v) is 16.9. The minimum absolute atomic E-state index is 0.194. The molecule has 0 amide bonds. The standard InChI is InChI=1S/C25H20O5/c1-15-7-6-9-18(13-15)25(27)30-20-12-11-19-23(26)22(29-24(19)16(20)2)14-17-8-4-5-10-21(17)28-3/h4-14H,1-3H3/b22-14-. The lowest BCUT2D eigenvalue weighted by Gasteiger charge is -2.10. The van der Waals surface area contributed by atoms with E-state index in [2.05, 4.69) is 0 Å². The van der Waals surface area contributed by atoms with Crippen molar-refractivity contribution in [2.24, 2.45) is 0 Å². The molecule has 0 aliphatic carbocycles. The Labute approximate surface area is 174 Å². The third-order valence-electron chi connectivity index (χ3n) is 4.92. The van der Waals surface area contributed by atoms with E-state index in [-0.39, 0.29) is 11.5 Å². The highest BCUT2D eigenvalue weighted by Gasteiger charge is 2.30. The summed E-state index contributed by atoms with van der Waals surface area (Å²) in [7, 11) is 1.57. The Hall–Kier alpha value is -3.86. The molecule has 0 radical (unpaired) electrons. The predicted molar refractivity (Wildman–Crippen MR) is 113 cm³/mol. The lowest BCUT2D eigenvalue weighted by Crippen LogP contribution is -2.09. The van der Waals surface area contributed by atoms with E-state index in [4.69, 9.17) is 14.2 Å². The summed E-state index contributed by atoms with van der Waals surface area (Å²) in [5.74, 6) is 0.898. The molecule has 0 bridgehead atoms. The van der Waals surface area contributed by atoms with Crippen molar-refractivity contribution in [1.29, 1.82) is 0 Å². The van der Waals surface area contributed by atoms with Gasteiger partial charge in [-0.25, -0.2) is 4.79 Å². The summed E-state index contributed by atoms with van der Waals surface area (Å²) < 4.78 is 16.8. The lowest BCUT2D eigenvalue weighted by molar-refractivity contribution is 0.0733. The fourth-order valence-corrected chi connectivity index (χ4v) is 3.34. The molecule has 0 spiro atoms. The zero-order valence-electron chi connectivity index (χ0n) is 16.9. The predicted octanol–water partition coefficient (Wildman–Crippen LogP) is 5.15. The first kappa shape index (κ1) is 19.5. The molecule has 30 heavy (non-hydrogen) atoms. The SMILES string of the molecule is COc1ccccc1/C=C1\Oc2c(ccc(OC(=O)c3cccc(C)c3)c2C)C1=O. The van der Waals surface area contributed by atoms with Gasteiger partial charge in [0.05, 0.1) is 18.2 Å². The van der Waals surface area contributed by atoms with Crippen LogP contribution in [0.2, 0.25) is 0 Å². The molecule has 0 atom stereocenters. The Morgan fingerprint density at radius 3 is 2.53 bits per heavy atom. The maximum Gasteiger partial charge on any atom is 0.343 e. The number of esters is 1. The maximum absolute atomic E-state index is 12.8. The number of hydrogen-bond acceptors (Lipinski definition) is 5. The number of allylic oxidation sites excluding steroid dienone is 1. The van der Waals surface area contributed by atoms with E-state index in [1.54, 1.807) is 50.4 Å². The number of ketones is 1. The number of rotatable bonds is 4. The Bertz CT molecular complexity index is 1190. The van der Waals surface area contributed by atoms with Gasteiger partial charge in [0.25, 0.3) is 0 Å². The van der Waals surface area contributed by atoms with Crippen LogP contribution in [0, 0.1) is 13.8 Å². The highest BCUT2D eigenvalue weighted by atomic mass is 16.5. The van der Waals surface area contributed by atoms with Gasteiger partial charge in [0.15, 0.2) is 5.76 Å². The van der Waals surface area contributed by atoms with Gasteiger partial charge >= 0.3 is 5.97 Å². The van der Waals surface area contributed by atoms with Crippen LogP contribution in [-0.4, -0.2) is 18.9 Å². The minimum Gasteiger partial charge on any atom is -0.496 e. The molecule has 0 aromatic heterocycles. The largest absolute Gasteiger partial charge is 0.496 e. The number of methoxy groups -OCH3 is 1. The number of Topliss-reactive ketones (excluding diaryl/α,β-unsaturated/α-hetero) is 1. The summed E-state index contributed by atoms with van der Waals surface area (Å²) in [4.78, 5) is 25.3. The Balaban J connectivity index is 1.63. The van der Waals surface area contributed by atoms with E-state index in [0.717, 1.165) is 11.1 Å². The third-order valence-corrected chi connectivity index (χ3v) is 4.92. The minimum atomic E-state index is -0.462. The van der Waals surface area contributed by atoms with Gasteiger partial charge in [0.2, 0.25) is 5.78 Å². The first-order chi connectivity index (χ1) is 14.5. The van der Waals surface area contributed by atoms with E-state index in [1.165, 1.54) is 0 Å². The van der Waals surface area contributed by atoms with Crippen LogP contribution in [0.25, 0.3) is 6.08 Å². The van der Waals surface area contributed by atoms with Crippen LogP contribution in [0.1, 0.15) is 37.4 Å². The van der Waals surface area contributed by atoms with Crippen molar-refractivity contribution in [3.05, 3.63) is 94.2 Å². The summed E-state index contributed by atoms with van der Waals surface area (Å²) in [6.45, 7) is 3.67. The molecular formula is C25H20O5. The van der Waals surface area contributed by atoms with Gasteiger partial charge in [-0.2, -0.15) is 0 Å². The van der Waals surface area contributed by atoms with E-state index in [1.807, 2.05) is 37.3 Å². The molecule has 4 rings (SSSR count). The molecule has 0 unspecified atom stereocenters. The van der Waals surface area contributed by atoms with Gasteiger partial charge < -0.3 is 14.2 Å². The monoisotopic (exact) mass is 400 g/mol. The number of carbonyl (C=O) groups excluding carboxylic acids is 2. The summed E-state index contributed by atoms with van der Waals surface area (Å²) in [5.41, 5.74) is 3.19. The molecule has 0 saturated carbocycles. The first-order valence-corrected chi connectivity index (χ1v) is 9.47. The van der Waals surface area contributed by atoms with Crippen molar-refractivity contribution >= 4 is 17.8 Å². The molecule has 1 heterocycles. The van der Waals surface area contributed by atoms with E-state index < -0.39 is 5.97 Å². The molecular weight excluding hydrogens is 380 g/mol. The smallest absolute Gasteiger partial charge is 0.343 e. The van der Waals surface area contributed by atoms with Gasteiger partial charge in [0.1, 0.15) is 17.2 Å². The van der Waals surface area contributed by atoms with Crippen LogP contribution >= 0.6 is 0 Å². The van der Waals surface area contributed by atoms with Crippen molar-refractivity contribution in [2.45, 2.75) is 13.8 Å². The van der Waals surface area contributed by atoms with Crippen LogP contribution in [-0.2, 0) is 0 Å². The van der Waals surface area contributed by atoms with E-state index >= 15 is 0 Å². The summed E-state index contributed by atoms with van der Waals surface area (Å²) in [5, 5.41) is 0. The van der Waals surface area contributed by atoms with Crippen LogP contribution < -0.4 is 14.2 Å². The second-order valence-corrected chi connectivity index (χ2v) is 7.01. The number of carbonyl (C=O) groups is 2. The molecule has 5 heteroatoms. The second kappa shape index (κ2) is 7.87. The van der Waals surface area contributed by atoms with Crippen LogP contribution in [0.5, 0.6) is 17.2 Å². The van der Waals surface area contributed by atoms with Crippen molar-refractivity contribution < 1.29 is 23.8 Å². The number of ether oxygens (including phenoxy) is 3. The van der Waals surface area contributed by atoms with Gasteiger partial charge in [-0.1, -0.05) is 35.9 Å². The Morgan fingerprint density at radius 1 is 0.967 bits per heavy atom. The Kier molecular flexibility index (Phi) is 5.11. The van der Waals surface area contributed by atoms with Crippen molar-refractivity contribution in [2.75, 3.05) is 7.11 Å². The van der Waals surface area contributed by atoms with Crippen LogP contribution in [0.3, 0.4) is 0 Å². The van der Waals surface area contributed by atoms with Crippen LogP contribution in [0.15, 0.2) is 66.4 Å². The van der Waals surface area contributed by atoms with Crippen LogP contribution in [0.4, 0.5) is 0 Å². The fraction of sp³-hybridized carbons (Fsp3) is 0.120. The normalized spacial score (nSPS) is 13.7. The number of hydrogen-bond donors (Lipinski definition) is 0. The summed E-state index contributed by atoms with van der Waals surface area (Å²) in [6.07, 6.45) is 1.65. The average molecular weight is 400 g/mol. The van der Waals surface area contributed by atoms with E-state index in [9.17, 15) is 9.59 Å². The van der Waals surface area contributed by atoms with Crippen molar-refractivity contribution in [1.82, 2.24) is 0 Å². The first-order valence-electron chi connectivity index (χ1n) is 9.47. The number of fused-ring (bicyclic) bond motifs is 1. The molecule has 3 aromatic carbocycles. The number of benzene rings is 3. The highest BCUT2D eigenvalue weighted by molar-refractivity contribution is 6.15. The zero-order chi connectivity index (χ0) is 21.3. The lowest BCUT2D eigenvalue weighted by atomic mass is 10.1. The highest BCUT2D eigenvalue weighted by Crippen LogP contribution is 2.40. The second-order valence-electron chi connectivity index (χ2n) is 7.01. The van der Waals surface area contributed by atoms with E-state index in [0.29, 0.717) is 33.9 Å². The molecule has 0 fully saturated rings. The van der Waals surface area contributed by atoms with Gasteiger partial charge in [-0.05, 0) is 50.3 Å². The quantitative estimate of drug-likeness (QED) is 0.344. The van der Waals surface area contributed by atoms with Crippen molar-refractivity contribution in [3.63, 3.8) is 0 Å². The average Bonchev–Trinajstić information content (AvgIpc) is 3.06. The molecule has 0 saturated heterocycles. The fourth-order valence-electron chi connectivity index (χ4n) is 3.34. The Morgan fingerprint density at radius 2 is 1.77 bits per heavy atom. The molecule has 5 nitrogen and oxygen atoms in total. The van der Waals surface area contributed by atoms with Gasteiger partial charge in [-0.15, -0.1) is 0 Å². The topological polar surface area (TPSA) is 61.8 Å². The van der Waals surface area contributed by atoms with Gasteiger partial charge in [-0.3, -0.25) is 4.79 Å². The van der Waals surface area contributed by atoms with Crippen molar-refractivity contribution in [3.8, 4) is 17.2 Å². The third kappa shape index (κ3) is 3.57. The number of aryl methyl sites for hydroxylation is 1. The molecule has 1 aliphatic rings. The molecule has 150 valence electrons. The summed E-state index contributed by atoms with van der Waals surface area (Å²) >= 11 is 0. The maximum atomic E-state index is 12.8. The van der Waals surface area contributed by atoms with Gasteiger partial charge in [0, 0.05) is 11.1 Å².